The lowest BCUT2D eigenvalue weighted by Gasteiger charge is -2.12. The molecule has 1 fully saturated rings. The third-order valence-corrected chi connectivity index (χ3v) is 5.35. The molecule has 0 atom stereocenters. The summed E-state index contributed by atoms with van der Waals surface area (Å²) in [6.07, 6.45) is 2.10. The number of ether oxygens (including phenoxy) is 2. The Hall–Kier alpha value is -2.80. The summed E-state index contributed by atoms with van der Waals surface area (Å²) in [6, 6.07) is 13.1. The topological polar surface area (TPSA) is 77.8 Å². The molecule has 6 nitrogen and oxygen atoms in total. The van der Waals surface area contributed by atoms with Crippen LogP contribution in [0.3, 0.4) is 0 Å². The van der Waals surface area contributed by atoms with Crippen LogP contribution >= 0.6 is 15.9 Å². The average Bonchev–Trinajstić information content (AvgIpc) is 3.46. The Morgan fingerprint density at radius 2 is 2.00 bits per heavy atom. The van der Waals surface area contributed by atoms with Gasteiger partial charge in [0.2, 0.25) is 0 Å². The number of para-hydroxylation sites is 1. The highest BCUT2D eigenvalue weighted by Crippen LogP contribution is 2.31. The van der Waals surface area contributed by atoms with Crippen molar-refractivity contribution in [3.63, 3.8) is 0 Å². The van der Waals surface area contributed by atoms with Crippen molar-refractivity contribution in [1.82, 2.24) is 5.32 Å². The Morgan fingerprint density at radius 3 is 2.77 bits per heavy atom. The Morgan fingerprint density at radius 1 is 1.20 bits per heavy atom. The summed E-state index contributed by atoms with van der Waals surface area (Å²) in [6.45, 7) is 2.24. The monoisotopic (exact) mass is 471 g/mol. The SMILES string of the molecule is CCOC(=O)Cc1ccccc1OCc1c(C(=O)NC2CC2)oc2ccc(Br)cc12. The number of carbonyl (C=O) groups is 2. The van der Waals surface area contributed by atoms with Crippen LogP contribution in [0.5, 0.6) is 5.75 Å². The third kappa shape index (κ3) is 4.67. The minimum absolute atomic E-state index is 0.122. The maximum absolute atomic E-state index is 12.7. The maximum atomic E-state index is 12.7. The van der Waals surface area contributed by atoms with Crippen LogP contribution in [-0.2, 0) is 22.6 Å². The predicted octanol–water partition coefficient (Wildman–Crippen LogP) is 4.77. The molecule has 0 saturated heterocycles. The minimum Gasteiger partial charge on any atom is -0.488 e. The molecule has 7 heteroatoms. The number of fused-ring (bicyclic) bond motifs is 1. The smallest absolute Gasteiger partial charge is 0.310 e. The lowest BCUT2D eigenvalue weighted by Crippen LogP contribution is -2.26. The fourth-order valence-corrected chi connectivity index (χ4v) is 3.60. The zero-order valence-corrected chi connectivity index (χ0v) is 18.2. The third-order valence-electron chi connectivity index (χ3n) is 4.86. The van der Waals surface area contributed by atoms with Crippen molar-refractivity contribution in [2.75, 3.05) is 6.61 Å². The van der Waals surface area contributed by atoms with Crippen LogP contribution < -0.4 is 10.1 Å². The second-order valence-corrected chi connectivity index (χ2v) is 8.09. The quantitative estimate of drug-likeness (QED) is 0.478. The van der Waals surface area contributed by atoms with Crippen molar-refractivity contribution in [2.45, 2.75) is 38.8 Å². The van der Waals surface area contributed by atoms with Gasteiger partial charge in [0.15, 0.2) is 5.76 Å². The summed E-state index contributed by atoms with van der Waals surface area (Å²) in [4.78, 5) is 24.6. The molecule has 0 unspecified atom stereocenters. The molecule has 0 aliphatic heterocycles. The highest BCUT2D eigenvalue weighted by molar-refractivity contribution is 9.10. The van der Waals surface area contributed by atoms with Crippen LogP contribution in [0, 0.1) is 0 Å². The Kier molecular flexibility index (Phi) is 6.08. The molecule has 1 heterocycles. The summed E-state index contributed by atoms with van der Waals surface area (Å²) < 4.78 is 17.9. The highest BCUT2D eigenvalue weighted by Gasteiger charge is 2.28. The molecule has 2 aromatic carbocycles. The number of benzene rings is 2. The van der Waals surface area contributed by atoms with Crippen molar-refractivity contribution in [2.24, 2.45) is 0 Å². The summed E-state index contributed by atoms with van der Waals surface area (Å²) in [7, 11) is 0. The summed E-state index contributed by atoms with van der Waals surface area (Å²) in [5.74, 6) is 0.292. The van der Waals surface area contributed by atoms with E-state index in [4.69, 9.17) is 13.9 Å². The number of amides is 1. The van der Waals surface area contributed by atoms with Crippen LogP contribution in [0.25, 0.3) is 11.0 Å². The van der Waals surface area contributed by atoms with Gasteiger partial charge in [-0.05, 0) is 44.0 Å². The number of hydrogen-bond donors (Lipinski definition) is 1. The molecule has 1 amide bonds. The van der Waals surface area contributed by atoms with Crippen LogP contribution in [0.2, 0.25) is 0 Å². The van der Waals surface area contributed by atoms with Crippen molar-refractivity contribution in [1.29, 1.82) is 0 Å². The number of halogens is 1. The van der Waals surface area contributed by atoms with Gasteiger partial charge in [0, 0.05) is 27.0 Å². The number of esters is 1. The Balaban J connectivity index is 1.61. The van der Waals surface area contributed by atoms with E-state index in [0.29, 0.717) is 23.5 Å². The normalized spacial score (nSPS) is 13.3. The molecule has 156 valence electrons. The molecule has 0 bridgehead atoms. The zero-order valence-electron chi connectivity index (χ0n) is 16.6. The Bertz CT molecular complexity index is 1090. The van der Waals surface area contributed by atoms with Gasteiger partial charge in [0.05, 0.1) is 13.0 Å². The second-order valence-electron chi connectivity index (χ2n) is 7.18. The number of nitrogens with one attached hydrogen (secondary N) is 1. The van der Waals surface area contributed by atoms with E-state index in [-0.39, 0.29) is 36.7 Å². The summed E-state index contributed by atoms with van der Waals surface area (Å²) in [5.41, 5.74) is 2.03. The Labute approximate surface area is 182 Å². The number of carbonyl (C=O) groups excluding carboxylic acids is 2. The minimum atomic E-state index is -0.309. The van der Waals surface area contributed by atoms with Gasteiger partial charge in [-0.15, -0.1) is 0 Å². The molecular weight excluding hydrogens is 450 g/mol. The molecule has 1 aliphatic rings. The maximum Gasteiger partial charge on any atom is 0.310 e. The number of hydrogen-bond acceptors (Lipinski definition) is 5. The first kappa shape index (κ1) is 20.5. The zero-order chi connectivity index (χ0) is 21.1. The van der Waals surface area contributed by atoms with Crippen molar-refractivity contribution >= 4 is 38.8 Å². The first-order valence-corrected chi connectivity index (χ1v) is 10.7. The van der Waals surface area contributed by atoms with Crippen molar-refractivity contribution in [3.8, 4) is 5.75 Å². The van der Waals surface area contributed by atoms with E-state index < -0.39 is 0 Å². The fraction of sp³-hybridized carbons (Fsp3) is 0.304. The van der Waals surface area contributed by atoms with Crippen LogP contribution in [0.1, 0.15) is 41.4 Å². The number of rotatable bonds is 8. The molecule has 30 heavy (non-hydrogen) atoms. The van der Waals surface area contributed by atoms with Crippen molar-refractivity contribution < 1.29 is 23.5 Å². The van der Waals surface area contributed by atoms with Crippen LogP contribution in [-0.4, -0.2) is 24.5 Å². The fourth-order valence-electron chi connectivity index (χ4n) is 3.23. The highest BCUT2D eigenvalue weighted by atomic mass is 79.9. The first-order valence-electron chi connectivity index (χ1n) is 9.93. The van der Waals surface area contributed by atoms with Crippen LogP contribution in [0.4, 0.5) is 0 Å². The van der Waals surface area contributed by atoms with Gasteiger partial charge in [-0.1, -0.05) is 34.1 Å². The summed E-state index contributed by atoms with van der Waals surface area (Å²) >= 11 is 3.48. The van der Waals surface area contributed by atoms with E-state index in [0.717, 1.165) is 28.3 Å². The van der Waals surface area contributed by atoms with Crippen molar-refractivity contribution in [3.05, 3.63) is 63.8 Å². The van der Waals surface area contributed by atoms with E-state index in [1.807, 2.05) is 36.4 Å². The van der Waals surface area contributed by atoms with Gasteiger partial charge < -0.3 is 19.2 Å². The van der Waals surface area contributed by atoms with E-state index in [2.05, 4.69) is 21.2 Å². The molecule has 0 spiro atoms. The van der Waals surface area contributed by atoms with E-state index >= 15 is 0 Å². The van der Waals surface area contributed by atoms with Gasteiger partial charge in [-0.25, -0.2) is 0 Å². The average molecular weight is 472 g/mol. The molecule has 4 rings (SSSR count). The van der Waals surface area contributed by atoms with Gasteiger partial charge in [0.1, 0.15) is 17.9 Å². The molecular formula is C23H22BrNO5. The lowest BCUT2D eigenvalue weighted by atomic mass is 10.1. The summed E-state index contributed by atoms with van der Waals surface area (Å²) in [5, 5.41) is 3.79. The molecule has 0 radical (unpaired) electrons. The predicted molar refractivity (Wildman–Crippen MR) is 116 cm³/mol. The second kappa shape index (κ2) is 8.92. The van der Waals surface area contributed by atoms with E-state index in [1.54, 1.807) is 13.0 Å². The van der Waals surface area contributed by atoms with E-state index in [1.165, 1.54) is 0 Å². The molecule has 1 saturated carbocycles. The van der Waals surface area contributed by atoms with Gasteiger partial charge in [0.25, 0.3) is 5.91 Å². The molecule has 3 aromatic rings. The van der Waals surface area contributed by atoms with Gasteiger partial charge in [-0.3, -0.25) is 9.59 Å². The number of furan rings is 1. The van der Waals surface area contributed by atoms with Crippen LogP contribution in [0.15, 0.2) is 51.4 Å². The molecule has 1 aromatic heterocycles. The van der Waals surface area contributed by atoms with Gasteiger partial charge in [-0.2, -0.15) is 0 Å². The standard InChI is InChI=1S/C23H22BrNO5/c1-2-28-21(26)11-14-5-3-4-6-19(14)29-13-18-17-12-15(24)7-10-20(17)30-22(18)23(27)25-16-8-9-16/h3-7,10,12,16H,2,8-9,11,13H2,1H3,(H,25,27). The largest absolute Gasteiger partial charge is 0.488 e. The van der Waals surface area contributed by atoms with Gasteiger partial charge >= 0.3 is 5.97 Å². The lowest BCUT2D eigenvalue weighted by molar-refractivity contribution is -0.142. The first-order chi connectivity index (χ1) is 14.5. The molecule has 1 aliphatic carbocycles. The van der Waals surface area contributed by atoms with E-state index in [9.17, 15) is 9.59 Å². The molecule has 1 N–H and O–H groups in total.